The fraction of sp³-hybridized carbons (Fsp3) is 0.455. The summed E-state index contributed by atoms with van der Waals surface area (Å²) in [6.07, 6.45) is 0. The fourth-order valence-electron chi connectivity index (χ4n) is 1.55. The Hall–Kier alpha value is -1.03. The number of rotatable bonds is 3. The highest BCUT2D eigenvalue weighted by molar-refractivity contribution is 7.91. The number of nitrogens with two attached hydrogens (primary N) is 1. The zero-order valence-electron chi connectivity index (χ0n) is 9.32. The molecule has 0 amide bonds. The molecule has 0 bridgehead atoms. The van der Waals surface area contributed by atoms with Gasteiger partial charge in [0.05, 0.1) is 10.6 Å². The molecule has 0 saturated heterocycles. The lowest BCUT2D eigenvalue weighted by Crippen LogP contribution is -2.13. The van der Waals surface area contributed by atoms with Crippen molar-refractivity contribution in [3.63, 3.8) is 0 Å². The van der Waals surface area contributed by atoms with Gasteiger partial charge in [0.25, 0.3) is 0 Å². The Kier molecular flexibility index (Phi) is 3.39. The largest absolute Gasteiger partial charge is 0.399 e. The second kappa shape index (κ2) is 4.23. The lowest BCUT2D eigenvalue weighted by atomic mass is 10.2. The number of hydrogen-bond donors (Lipinski definition) is 1. The summed E-state index contributed by atoms with van der Waals surface area (Å²) in [6, 6.07) is 4.90. The van der Waals surface area contributed by atoms with E-state index in [1.54, 1.807) is 25.1 Å². The van der Waals surface area contributed by atoms with Gasteiger partial charge in [-0.2, -0.15) is 0 Å². The molecule has 1 rings (SSSR count). The summed E-state index contributed by atoms with van der Waals surface area (Å²) in [6.45, 7) is 5.55. The Morgan fingerprint density at radius 3 is 2.40 bits per heavy atom. The number of hydrogen-bond acceptors (Lipinski definition) is 3. The topological polar surface area (TPSA) is 60.2 Å². The van der Waals surface area contributed by atoms with Crippen molar-refractivity contribution in [2.24, 2.45) is 5.92 Å². The maximum Gasteiger partial charge on any atom is 0.178 e. The first-order valence-electron chi connectivity index (χ1n) is 4.92. The quantitative estimate of drug-likeness (QED) is 0.803. The predicted molar refractivity (Wildman–Crippen MR) is 62.5 cm³/mol. The number of nitrogen functional groups attached to an aromatic ring is 1. The van der Waals surface area contributed by atoms with E-state index >= 15 is 0 Å². The Balaban J connectivity index is 3.16. The van der Waals surface area contributed by atoms with Gasteiger partial charge in [-0.05, 0) is 36.6 Å². The van der Waals surface area contributed by atoms with Crippen molar-refractivity contribution in [1.29, 1.82) is 0 Å². The minimum atomic E-state index is -3.16. The van der Waals surface area contributed by atoms with E-state index in [2.05, 4.69) is 0 Å². The summed E-state index contributed by atoms with van der Waals surface area (Å²) in [7, 11) is -3.16. The lowest BCUT2D eigenvalue weighted by molar-refractivity contribution is 0.582. The molecule has 15 heavy (non-hydrogen) atoms. The molecule has 1 aromatic rings. The minimum Gasteiger partial charge on any atom is -0.399 e. The highest BCUT2D eigenvalue weighted by Gasteiger charge is 2.18. The molecule has 0 aliphatic heterocycles. The van der Waals surface area contributed by atoms with Crippen molar-refractivity contribution < 1.29 is 8.42 Å². The van der Waals surface area contributed by atoms with Crippen molar-refractivity contribution in [2.45, 2.75) is 25.7 Å². The van der Waals surface area contributed by atoms with Crippen LogP contribution < -0.4 is 5.73 Å². The summed E-state index contributed by atoms with van der Waals surface area (Å²) in [5, 5.41) is 0. The first kappa shape index (κ1) is 12.0. The van der Waals surface area contributed by atoms with Gasteiger partial charge in [-0.3, -0.25) is 0 Å². The van der Waals surface area contributed by atoms with Gasteiger partial charge in [-0.15, -0.1) is 0 Å². The van der Waals surface area contributed by atoms with Crippen LogP contribution in [0.2, 0.25) is 0 Å². The number of benzene rings is 1. The molecule has 0 atom stereocenters. The second-order valence-electron chi connectivity index (χ2n) is 4.20. The van der Waals surface area contributed by atoms with Gasteiger partial charge in [-0.25, -0.2) is 8.42 Å². The molecule has 0 unspecified atom stereocenters. The Morgan fingerprint density at radius 1 is 1.33 bits per heavy atom. The van der Waals surface area contributed by atoms with Gasteiger partial charge in [-0.1, -0.05) is 13.8 Å². The van der Waals surface area contributed by atoms with Crippen LogP contribution in [-0.2, 0) is 9.84 Å². The van der Waals surface area contributed by atoms with Crippen molar-refractivity contribution >= 4 is 15.5 Å². The lowest BCUT2D eigenvalue weighted by Gasteiger charge is -2.10. The molecular formula is C11H17NO2S. The van der Waals surface area contributed by atoms with E-state index < -0.39 is 9.84 Å². The van der Waals surface area contributed by atoms with Crippen LogP contribution in [0.4, 0.5) is 5.69 Å². The molecule has 1 aromatic carbocycles. The molecule has 0 spiro atoms. The second-order valence-corrected chi connectivity index (χ2v) is 6.20. The fourth-order valence-corrected chi connectivity index (χ4v) is 3.43. The summed E-state index contributed by atoms with van der Waals surface area (Å²) >= 11 is 0. The van der Waals surface area contributed by atoms with Crippen molar-refractivity contribution in [3.05, 3.63) is 23.8 Å². The molecule has 0 fully saturated rings. The van der Waals surface area contributed by atoms with E-state index in [1.807, 2.05) is 13.8 Å². The zero-order valence-corrected chi connectivity index (χ0v) is 10.1. The monoisotopic (exact) mass is 227 g/mol. The van der Waals surface area contributed by atoms with E-state index in [0.717, 1.165) is 5.56 Å². The Bertz CT molecular complexity index is 450. The average Bonchev–Trinajstić information content (AvgIpc) is 1.99. The van der Waals surface area contributed by atoms with Crippen molar-refractivity contribution in [2.75, 3.05) is 11.5 Å². The molecular weight excluding hydrogens is 210 g/mol. The van der Waals surface area contributed by atoms with Gasteiger partial charge in [0.1, 0.15) is 0 Å². The standard InChI is InChI=1S/C11H17NO2S/c1-8(2)7-15(13,14)11-5-4-10(12)6-9(11)3/h4-6,8H,7,12H2,1-3H3. The van der Waals surface area contributed by atoms with Gasteiger partial charge in [0, 0.05) is 5.69 Å². The van der Waals surface area contributed by atoms with Crippen LogP contribution in [0.25, 0.3) is 0 Å². The summed E-state index contributed by atoms with van der Waals surface area (Å²) < 4.78 is 23.9. The third kappa shape index (κ3) is 2.96. The van der Waals surface area contributed by atoms with Crippen LogP contribution in [0.15, 0.2) is 23.1 Å². The normalized spacial score (nSPS) is 12.0. The van der Waals surface area contributed by atoms with E-state index in [9.17, 15) is 8.42 Å². The van der Waals surface area contributed by atoms with Gasteiger partial charge in [0.15, 0.2) is 9.84 Å². The summed E-state index contributed by atoms with van der Waals surface area (Å²) in [5.74, 6) is 0.310. The van der Waals surface area contributed by atoms with E-state index in [-0.39, 0.29) is 11.7 Å². The number of aryl methyl sites for hydroxylation is 1. The van der Waals surface area contributed by atoms with Crippen LogP contribution in [-0.4, -0.2) is 14.2 Å². The molecule has 2 N–H and O–H groups in total. The van der Waals surface area contributed by atoms with Crippen LogP contribution >= 0.6 is 0 Å². The molecule has 0 heterocycles. The molecule has 0 radical (unpaired) electrons. The predicted octanol–water partition coefficient (Wildman–Crippen LogP) is 2.01. The van der Waals surface area contributed by atoms with Crippen LogP contribution in [0.3, 0.4) is 0 Å². The van der Waals surface area contributed by atoms with Crippen LogP contribution in [0.1, 0.15) is 19.4 Å². The summed E-state index contributed by atoms with van der Waals surface area (Å²) in [5.41, 5.74) is 6.89. The van der Waals surface area contributed by atoms with Crippen molar-refractivity contribution in [3.8, 4) is 0 Å². The van der Waals surface area contributed by atoms with E-state index in [4.69, 9.17) is 5.73 Å². The SMILES string of the molecule is Cc1cc(N)ccc1S(=O)(=O)CC(C)C. The van der Waals surface area contributed by atoms with Gasteiger partial charge in [0.2, 0.25) is 0 Å². The highest BCUT2D eigenvalue weighted by Crippen LogP contribution is 2.20. The molecule has 0 aromatic heterocycles. The number of sulfone groups is 1. The van der Waals surface area contributed by atoms with Crippen LogP contribution in [0.5, 0.6) is 0 Å². The van der Waals surface area contributed by atoms with Crippen LogP contribution in [0, 0.1) is 12.8 Å². The average molecular weight is 227 g/mol. The highest BCUT2D eigenvalue weighted by atomic mass is 32.2. The third-order valence-corrected chi connectivity index (χ3v) is 4.32. The van der Waals surface area contributed by atoms with E-state index in [0.29, 0.717) is 10.6 Å². The Morgan fingerprint density at radius 2 is 1.93 bits per heavy atom. The molecule has 0 saturated carbocycles. The summed E-state index contributed by atoms with van der Waals surface area (Å²) in [4.78, 5) is 0.394. The van der Waals surface area contributed by atoms with Gasteiger partial charge >= 0.3 is 0 Å². The molecule has 4 heteroatoms. The smallest absolute Gasteiger partial charge is 0.178 e. The first-order chi connectivity index (χ1) is 6.83. The van der Waals surface area contributed by atoms with Crippen molar-refractivity contribution in [1.82, 2.24) is 0 Å². The molecule has 0 aliphatic carbocycles. The zero-order chi connectivity index (χ0) is 11.6. The first-order valence-corrected chi connectivity index (χ1v) is 6.57. The van der Waals surface area contributed by atoms with E-state index in [1.165, 1.54) is 0 Å². The molecule has 0 aliphatic rings. The molecule has 3 nitrogen and oxygen atoms in total. The van der Waals surface area contributed by atoms with Gasteiger partial charge < -0.3 is 5.73 Å². The Labute approximate surface area is 91.2 Å². The maximum atomic E-state index is 11.9. The minimum absolute atomic E-state index is 0.131. The third-order valence-electron chi connectivity index (χ3n) is 2.09. The maximum absolute atomic E-state index is 11.9. The molecule has 84 valence electrons. The number of anilines is 1.